The summed E-state index contributed by atoms with van der Waals surface area (Å²) in [4.78, 5) is 11.8. The van der Waals surface area contributed by atoms with Crippen LogP contribution in [0.25, 0.3) is 0 Å². The molecule has 5 nitrogen and oxygen atoms in total. The van der Waals surface area contributed by atoms with Gasteiger partial charge in [-0.2, -0.15) is 5.10 Å². The molecule has 0 saturated carbocycles. The van der Waals surface area contributed by atoms with Gasteiger partial charge in [-0.05, 0) is 41.5 Å². The van der Waals surface area contributed by atoms with Crippen molar-refractivity contribution >= 4 is 12.1 Å². The van der Waals surface area contributed by atoms with Gasteiger partial charge in [0, 0.05) is 0 Å². The fraction of sp³-hybridized carbons (Fsp3) is 0.158. The molecule has 0 aromatic heterocycles. The number of benzene rings is 2. The molecule has 0 saturated heterocycles. The van der Waals surface area contributed by atoms with Crippen molar-refractivity contribution in [2.75, 3.05) is 13.7 Å². The Morgan fingerprint density at radius 1 is 1.28 bits per heavy atom. The van der Waals surface area contributed by atoms with Gasteiger partial charge in [0.25, 0.3) is 0 Å². The lowest BCUT2D eigenvalue weighted by molar-refractivity contribution is -0.120. The van der Waals surface area contributed by atoms with E-state index in [1.807, 2.05) is 0 Å². The minimum atomic E-state index is -0.342. The van der Waals surface area contributed by atoms with Gasteiger partial charge in [0.2, 0.25) is 5.91 Å². The van der Waals surface area contributed by atoms with E-state index in [1.54, 1.807) is 30.3 Å². The van der Waals surface area contributed by atoms with Crippen molar-refractivity contribution in [3.05, 3.63) is 59.4 Å². The van der Waals surface area contributed by atoms with Crippen LogP contribution in [0.4, 0.5) is 4.39 Å². The summed E-state index contributed by atoms with van der Waals surface area (Å²) in [7, 11) is 1.52. The topological polar surface area (TPSA) is 59.9 Å². The molecule has 1 amide bonds. The van der Waals surface area contributed by atoms with Crippen LogP contribution in [0.2, 0.25) is 0 Å². The monoisotopic (exact) mass is 340 g/mol. The molecule has 0 fully saturated rings. The smallest absolute Gasteiger partial charge is 0.244 e. The first-order chi connectivity index (χ1) is 12.1. The van der Waals surface area contributed by atoms with Crippen LogP contribution in [-0.4, -0.2) is 25.8 Å². The number of rotatable bonds is 7. The van der Waals surface area contributed by atoms with E-state index in [4.69, 9.17) is 15.9 Å². The average Bonchev–Trinajstić information content (AvgIpc) is 2.62. The van der Waals surface area contributed by atoms with Crippen molar-refractivity contribution < 1.29 is 18.7 Å². The van der Waals surface area contributed by atoms with Crippen LogP contribution in [-0.2, 0) is 11.2 Å². The Labute approximate surface area is 145 Å². The standard InChI is InChI=1S/C19H17FN2O3/c1-3-10-25-17-9-6-15(11-18(17)24-2)13-21-22-19(23)12-14-4-7-16(20)8-5-14/h1,4-9,11,13H,10,12H2,2H3,(H,22,23)/b21-13+. The predicted octanol–water partition coefficient (Wildman–Crippen LogP) is 2.54. The van der Waals surface area contributed by atoms with Gasteiger partial charge in [0.15, 0.2) is 11.5 Å². The molecule has 2 rings (SSSR count). The van der Waals surface area contributed by atoms with Crippen molar-refractivity contribution in [2.45, 2.75) is 6.42 Å². The zero-order valence-electron chi connectivity index (χ0n) is 13.7. The van der Waals surface area contributed by atoms with Gasteiger partial charge in [-0.25, -0.2) is 9.82 Å². The number of halogens is 1. The molecule has 0 bridgehead atoms. The number of nitrogens with zero attached hydrogens (tertiary/aromatic N) is 1. The van der Waals surface area contributed by atoms with E-state index in [0.29, 0.717) is 22.6 Å². The number of carbonyl (C=O) groups is 1. The zero-order valence-corrected chi connectivity index (χ0v) is 13.7. The summed E-state index contributed by atoms with van der Waals surface area (Å²) in [6.45, 7) is 0.142. The van der Waals surface area contributed by atoms with Crippen molar-refractivity contribution in [3.8, 4) is 23.8 Å². The fourth-order valence-corrected chi connectivity index (χ4v) is 2.01. The van der Waals surface area contributed by atoms with Crippen LogP contribution in [0.1, 0.15) is 11.1 Å². The molecule has 0 spiro atoms. The third-order valence-corrected chi connectivity index (χ3v) is 3.18. The summed E-state index contributed by atoms with van der Waals surface area (Å²) in [5.74, 6) is 2.77. The van der Waals surface area contributed by atoms with Crippen LogP contribution >= 0.6 is 0 Å². The predicted molar refractivity (Wildman–Crippen MR) is 93.2 cm³/mol. The minimum absolute atomic E-state index is 0.111. The van der Waals surface area contributed by atoms with Gasteiger partial charge in [0.05, 0.1) is 19.7 Å². The quantitative estimate of drug-likeness (QED) is 0.479. The fourth-order valence-electron chi connectivity index (χ4n) is 2.01. The van der Waals surface area contributed by atoms with E-state index in [9.17, 15) is 9.18 Å². The maximum absolute atomic E-state index is 12.8. The number of carbonyl (C=O) groups excluding carboxylic acids is 1. The number of hydrogen-bond donors (Lipinski definition) is 1. The highest BCUT2D eigenvalue weighted by molar-refractivity contribution is 5.84. The molecule has 0 aliphatic rings. The number of terminal acetylenes is 1. The summed E-state index contributed by atoms with van der Waals surface area (Å²) >= 11 is 0. The van der Waals surface area contributed by atoms with Crippen LogP contribution in [0.15, 0.2) is 47.6 Å². The second-order valence-corrected chi connectivity index (χ2v) is 5.00. The second-order valence-electron chi connectivity index (χ2n) is 5.00. The Balaban J connectivity index is 1.93. The number of hydrazone groups is 1. The Morgan fingerprint density at radius 3 is 2.72 bits per heavy atom. The summed E-state index contributed by atoms with van der Waals surface area (Å²) < 4.78 is 23.4. The van der Waals surface area contributed by atoms with Crippen LogP contribution in [0, 0.1) is 18.2 Å². The van der Waals surface area contributed by atoms with Crippen molar-refractivity contribution in [2.24, 2.45) is 5.10 Å². The molecule has 1 N–H and O–H groups in total. The number of nitrogens with one attached hydrogen (secondary N) is 1. The average molecular weight is 340 g/mol. The van der Waals surface area contributed by atoms with E-state index in [-0.39, 0.29) is 24.8 Å². The Kier molecular flexibility index (Phi) is 6.55. The number of methoxy groups -OCH3 is 1. The molecular weight excluding hydrogens is 323 g/mol. The van der Waals surface area contributed by atoms with Gasteiger partial charge in [-0.1, -0.05) is 18.1 Å². The Morgan fingerprint density at radius 2 is 2.04 bits per heavy atom. The van der Waals surface area contributed by atoms with Crippen molar-refractivity contribution in [1.82, 2.24) is 5.43 Å². The van der Waals surface area contributed by atoms with E-state index in [2.05, 4.69) is 16.4 Å². The molecule has 2 aromatic carbocycles. The molecule has 0 heterocycles. The lowest BCUT2D eigenvalue weighted by Crippen LogP contribution is -2.19. The SMILES string of the molecule is C#CCOc1ccc(/C=N/NC(=O)Cc2ccc(F)cc2)cc1OC. The maximum atomic E-state index is 12.8. The molecule has 0 aliphatic heterocycles. The minimum Gasteiger partial charge on any atom is -0.493 e. The lowest BCUT2D eigenvalue weighted by atomic mass is 10.1. The summed E-state index contributed by atoms with van der Waals surface area (Å²) in [5, 5.41) is 3.90. The third kappa shape index (κ3) is 5.66. The largest absolute Gasteiger partial charge is 0.493 e. The summed E-state index contributed by atoms with van der Waals surface area (Å²) in [5.41, 5.74) is 3.83. The van der Waals surface area contributed by atoms with E-state index < -0.39 is 0 Å². The first kappa shape index (κ1) is 18.0. The molecule has 6 heteroatoms. The third-order valence-electron chi connectivity index (χ3n) is 3.18. The molecule has 0 atom stereocenters. The van der Waals surface area contributed by atoms with E-state index in [0.717, 1.165) is 0 Å². The highest BCUT2D eigenvalue weighted by atomic mass is 19.1. The summed E-state index contributed by atoms with van der Waals surface area (Å²) in [6, 6.07) is 10.9. The highest BCUT2D eigenvalue weighted by Gasteiger charge is 2.05. The number of amides is 1. The van der Waals surface area contributed by atoms with E-state index >= 15 is 0 Å². The van der Waals surface area contributed by atoms with Crippen LogP contribution in [0.3, 0.4) is 0 Å². The maximum Gasteiger partial charge on any atom is 0.244 e. The summed E-state index contributed by atoms with van der Waals surface area (Å²) in [6.07, 6.45) is 6.75. The van der Waals surface area contributed by atoms with Crippen molar-refractivity contribution in [3.63, 3.8) is 0 Å². The van der Waals surface area contributed by atoms with Crippen LogP contribution in [0.5, 0.6) is 11.5 Å². The van der Waals surface area contributed by atoms with E-state index in [1.165, 1.54) is 25.5 Å². The first-order valence-electron chi connectivity index (χ1n) is 7.43. The van der Waals surface area contributed by atoms with Gasteiger partial charge < -0.3 is 9.47 Å². The number of hydrogen-bond acceptors (Lipinski definition) is 4. The normalized spacial score (nSPS) is 10.3. The van der Waals surface area contributed by atoms with Crippen molar-refractivity contribution in [1.29, 1.82) is 0 Å². The first-order valence-corrected chi connectivity index (χ1v) is 7.43. The second kappa shape index (κ2) is 9.08. The van der Waals surface area contributed by atoms with Gasteiger partial charge in [-0.3, -0.25) is 4.79 Å². The van der Waals surface area contributed by atoms with Gasteiger partial charge in [0.1, 0.15) is 12.4 Å². The molecule has 128 valence electrons. The Hall–Kier alpha value is -3.33. The Bertz CT molecular complexity index is 795. The number of ether oxygens (including phenoxy) is 2. The molecule has 0 aliphatic carbocycles. The molecule has 25 heavy (non-hydrogen) atoms. The van der Waals surface area contributed by atoms with Gasteiger partial charge >= 0.3 is 0 Å². The molecule has 0 radical (unpaired) electrons. The molecular formula is C19H17FN2O3. The lowest BCUT2D eigenvalue weighted by Gasteiger charge is -2.09. The highest BCUT2D eigenvalue weighted by Crippen LogP contribution is 2.27. The van der Waals surface area contributed by atoms with Crippen LogP contribution < -0.4 is 14.9 Å². The zero-order chi connectivity index (χ0) is 18.1. The molecule has 2 aromatic rings. The van der Waals surface area contributed by atoms with Gasteiger partial charge in [-0.15, -0.1) is 6.42 Å². The molecule has 0 unspecified atom stereocenters.